The van der Waals surface area contributed by atoms with Crippen LogP contribution in [0.15, 0.2) is 18.2 Å². The summed E-state index contributed by atoms with van der Waals surface area (Å²) in [6.07, 6.45) is 3.39. The minimum absolute atomic E-state index is 0.323. The maximum atomic E-state index is 10.3. The van der Waals surface area contributed by atoms with Crippen LogP contribution < -0.4 is 11.1 Å². The van der Waals surface area contributed by atoms with Gasteiger partial charge in [-0.3, -0.25) is 0 Å². The maximum absolute atomic E-state index is 10.3. The van der Waals surface area contributed by atoms with E-state index in [0.717, 1.165) is 31.2 Å². The van der Waals surface area contributed by atoms with Crippen molar-refractivity contribution < 1.29 is 10.2 Å². The van der Waals surface area contributed by atoms with Crippen LogP contribution in [0.3, 0.4) is 0 Å². The molecule has 0 amide bonds. The summed E-state index contributed by atoms with van der Waals surface area (Å²) >= 11 is 0. The Balaban J connectivity index is 1.53. The van der Waals surface area contributed by atoms with Crippen LogP contribution in [-0.4, -0.2) is 34.9 Å². The molecule has 4 heteroatoms. The van der Waals surface area contributed by atoms with E-state index in [-0.39, 0.29) is 0 Å². The summed E-state index contributed by atoms with van der Waals surface area (Å²) in [6.45, 7) is 1.30. The van der Waals surface area contributed by atoms with E-state index in [0.29, 0.717) is 30.8 Å². The van der Waals surface area contributed by atoms with E-state index in [1.807, 2.05) is 6.07 Å². The molecule has 5 N–H and O–H groups in total. The van der Waals surface area contributed by atoms with Gasteiger partial charge in [-0.25, -0.2) is 0 Å². The molecule has 0 heterocycles. The van der Waals surface area contributed by atoms with Gasteiger partial charge < -0.3 is 21.3 Å². The highest BCUT2D eigenvalue weighted by atomic mass is 16.3. The minimum atomic E-state index is -0.569. The third-order valence-electron chi connectivity index (χ3n) is 4.56. The number of phenolic OH excluding ortho intramolecular Hbond substituents is 1. The van der Waals surface area contributed by atoms with Crippen LogP contribution in [0.1, 0.15) is 24.0 Å². The normalized spacial score (nSPS) is 32.9. The Hall–Kier alpha value is -1.10. The lowest BCUT2D eigenvalue weighted by Gasteiger charge is -2.44. The first-order valence-corrected chi connectivity index (χ1v) is 7.05. The lowest BCUT2D eigenvalue weighted by molar-refractivity contribution is -0.0693. The first-order chi connectivity index (χ1) is 9.09. The molecule has 1 aromatic carbocycles. The fourth-order valence-corrected chi connectivity index (χ4v) is 3.44. The van der Waals surface area contributed by atoms with E-state index in [4.69, 9.17) is 5.73 Å². The number of rotatable bonds is 4. The highest BCUT2D eigenvalue weighted by molar-refractivity contribution is 5.43. The van der Waals surface area contributed by atoms with Gasteiger partial charge in [-0.1, -0.05) is 12.1 Å². The van der Waals surface area contributed by atoms with E-state index >= 15 is 0 Å². The zero-order chi connectivity index (χ0) is 13.5. The largest absolute Gasteiger partial charge is 0.508 e. The zero-order valence-electron chi connectivity index (χ0n) is 11.1. The van der Waals surface area contributed by atoms with Crippen LogP contribution in [0, 0.1) is 5.92 Å². The summed E-state index contributed by atoms with van der Waals surface area (Å²) in [4.78, 5) is 0. The van der Waals surface area contributed by atoms with Crippen molar-refractivity contribution >= 4 is 0 Å². The molecule has 19 heavy (non-hydrogen) atoms. The van der Waals surface area contributed by atoms with Crippen molar-refractivity contribution in [3.63, 3.8) is 0 Å². The summed E-state index contributed by atoms with van der Waals surface area (Å²) in [5.74, 6) is 0.879. The summed E-state index contributed by atoms with van der Waals surface area (Å²) in [5, 5.41) is 23.5. The number of hydrogen-bond donors (Lipinski definition) is 4. The van der Waals surface area contributed by atoms with E-state index in [9.17, 15) is 10.2 Å². The van der Waals surface area contributed by atoms with Crippen LogP contribution in [0.5, 0.6) is 5.75 Å². The van der Waals surface area contributed by atoms with Crippen molar-refractivity contribution in [3.05, 3.63) is 29.3 Å². The topological polar surface area (TPSA) is 78.5 Å². The third-order valence-corrected chi connectivity index (χ3v) is 4.56. The molecule has 0 spiro atoms. The molecule has 2 aliphatic rings. The van der Waals surface area contributed by atoms with Crippen LogP contribution in [0.4, 0.5) is 0 Å². The molecule has 104 valence electrons. The summed E-state index contributed by atoms with van der Waals surface area (Å²) in [6, 6.07) is 6.03. The van der Waals surface area contributed by atoms with E-state index in [1.165, 1.54) is 5.56 Å². The first-order valence-electron chi connectivity index (χ1n) is 7.05. The second-order valence-corrected chi connectivity index (χ2v) is 6.14. The summed E-state index contributed by atoms with van der Waals surface area (Å²) < 4.78 is 0. The molecule has 0 saturated heterocycles. The molecule has 1 unspecified atom stereocenters. The lowest BCUT2D eigenvalue weighted by Crippen LogP contribution is -2.54. The second kappa shape index (κ2) is 4.78. The van der Waals surface area contributed by atoms with Gasteiger partial charge in [0.25, 0.3) is 0 Å². The number of nitrogens with one attached hydrogen (secondary N) is 1. The van der Waals surface area contributed by atoms with Gasteiger partial charge in [-0.05, 0) is 55.3 Å². The van der Waals surface area contributed by atoms with Crippen molar-refractivity contribution in [3.8, 4) is 5.75 Å². The molecule has 1 atom stereocenters. The van der Waals surface area contributed by atoms with Crippen LogP contribution >= 0.6 is 0 Å². The van der Waals surface area contributed by atoms with Gasteiger partial charge >= 0.3 is 0 Å². The smallest absolute Gasteiger partial charge is 0.119 e. The van der Waals surface area contributed by atoms with E-state index in [2.05, 4.69) is 11.4 Å². The highest BCUT2D eigenvalue weighted by Crippen LogP contribution is 2.37. The monoisotopic (exact) mass is 262 g/mol. The Morgan fingerprint density at radius 3 is 2.79 bits per heavy atom. The fraction of sp³-hybridized carbons (Fsp3) is 0.600. The lowest BCUT2D eigenvalue weighted by atomic mass is 9.71. The average Bonchev–Trinajstić information content (AvgIpc) is 2.77. The van der Waals surface area contributed by atoms with Crippen molar-refractivity contribution in [2.75, 3.05) is 13.1 Å². The van der Waals surface area contributed by atoms with Gasteiger partial charge in [0.05, 0.1) is 5.60 Å². The molecule has 2 aliphatic carbocycles. The minimum Gasteiger partial charge on any atom is -0.508 e. The number of benzene rings is 1. The SMILES string of the molecule is NCC1CC(O)(CNC2Cc3cccc(O)c3C2)C1. The number of aromatic hydroxyl groups is 1. The fourth-order valence-electron chi connectivity index (χ4n) is 3.44. The Bertz CT molecular complexity index is 469. The molecule has 4 nitrogen and oxygen atoms in total. The molecule has 1 aromatic rings. The van der Waals surface area contributed by atoms with Gasteiger partial charge in [0.2, 0.25) is 0 Å². The number of aliphatic hydroxyl groups is 1. The summed E-state index contributed by atoms with van der Waals surface area (Å²) in [5.41, 5.74) is 7.30. The van der Waals surface area contributed by atoms with Gasteiger partial charge in [-0.2, -0.15) is 0 Å². The second-order valence-electron chi connectivity index (χ2n) is 6.14. The number of phenols is 1. The highest BCUT2D eigenvalue weighted by Gasteiger charge is 2.42. The molecule has 0 bridgehead atoms. The predicted molar refractivity (Wildman–Crippen MR) is 74.0 cm³/mol. The molecule has 1 fully saturated rings. The van der Waals surface area contributed by atoms with Gasteiger partial charge in [-0.15, -0.1) is 0 Å². The Labute approximate surface area is 113 Å². The van der Waals surface area contributed by atoms with Crippen molar-refractivity contribution in [1.29, 1.82) is 0 Å². The van der Waals surface area contributed by atoms with E-state index < -0.39 is 5.60 Å². The molecule has 0 aliphatic heterocycles. The van der Waals surface area contributed by atoms with Crippen molar-refractivity contribution in [1.82, 2.24) is 5.32 Å². The quantitative estimate of drug-likeness (QED) is 0.639. The van der Waals surface area contributed by atoms with E-state index in [1.54, 1.807) is 6.07 Å². The Kier molecular flexibility index (Phi) is 3.25. The van der Waals surface area contributed by atoms with Crippen LogP contribution in [0.25, 0.3) is 0 Å². The Morgan fingerprint density at radius 1 is 1.32 bits per heavy atom. The number of hydrogen-bond acceptors (Lipinski definition) is 4. The van der Waals surface area contributed by atoms with Gasteiger partial charge in [0, 0.05) is 12.6 Å². The molecular formula is C15H22N2O2. The zero-order valence-corrected chi connectivity index (χ0v) is 11.1. The third kappa shape index (κ3) is 2.48. The Morgan fingerprint density at radius 2 is 2.11 bits per heavy atom. The van der Waals surface area contributed by atoms with Gasteiger partial charge in [0.1, 0.15) is 5.75 Å². The molecule has 0 aromatic heterocycles. The molecule has 1 saturated carbocycles. The van der Waals surface area contributed by atoms with Gasteiger partial charge in [0.15, 0.2) is 0 Å². The van der Waals surface area contributed by atoms with Crippen LogP contribution in [0.2, 0.25) is 0 Å². The number of fused-ring (bicyclic) bond motifs is 1. The number of nitrogens with two attached hydrogens (primary N) is 1. The predicted octanol–water partition coefficient (Wildman–Crippen LogP) is 0.549. The maximum Gasteiger partial charge on any atom is 0.119 e. The first kappa shape index (κ1) is 12.9. The summed E-state index contributed by atoms with van der Waals surface area (Å²) in [7, 11) is 0. The van der Waals surface area contributed by atoms with Crippen molar-refractivity contribution in [2.45, 2.75) is 37.3 Å². The molecule has 0 radical (unpaired) electrons. The average molecular weight is 262 g/mol. The standard InChI is InChI=1S/C15H22N2O2/c16-8-10-6-15(19,7-10)9-17-12-4-11-2-1-3-14(18)13(11)5-12/h1-3,10,12,17-19H,4-9,16H2. The van der Waals surface area contributed by atoms with Crippen LogP contribution in [-0.2, 0) is 12.8 Å². The van der Waals surface area contributed by atoms with Crippen molar-refractivity contribution in [2.24, 2.45) is 11.7 Å². The molecular weight excluding hydrogens is 240 g/mol. The molecule has 3 rings (SSSR count).